The van der Waals surface area contributed by atoms with Gasteiger partial charge in [-0.2, -0.15) is 4.98 Å². The summed E-state index contributed by atoms with van der Waals surface area (Å²) in [6.45, 7) is 9.35. The number of aryl methyl sites for hydroxylation is 1. The molecule has 11 atom stereocenters. The standard InChI is InChI=1S/C19H29N4O8PS.C19H27N4O8PS.CH4/c2*1-10-21-14-12(15(22-10)27-6)20-8-23(14)16-19(5,25)13-11(30-16)7-29-32(26,31-13)33-9-28-17(24)18(2,3)4;/h8,11,13,15-16,25H,7,9H2,1-6H3,(H,21,22);8,11,13,16,25H,7,9H2,1-6H3;1H4/t11-,13-,15?,16-,19-,32?;11-,13-,16-,19-,32?;/m11./s1. The second kappa shape index (κ2) is 19.5. The van der Waals surface area contributed by atoms with Gasteiger partial charge in [-0.3, -0.25) is 36.8 Å². The smallest absolute Gasteiger partial charge is 0.392 e. The summed E-state index contributed by atoms with van der Waals surface area (Å²) in [6.07, 6.45) is -2.70. The van der Waals surface area contributed by atoms with Crippen LogP contribution in [0.25, 0.3) is 11.2 Å². The lowest BCUT2D eigenvalue weighted by molar-refractivity contribution is -0.151. The van der Waals surface area contributed by atoms with Gasteiger partial charge in [-0.25, -0.2) is 29.1 Å². The second-order valence-corrected chi connectivity index (χ2v) is 26.3. The molecule has 4 fully saturated rings. The van der Waals surface area contributed by atoms with E-state index in [1.807, 2.05) is 0 Å². The predicted octanol–water partition coefficient (Wildman–Crippen LogP) is 6.06. The Labute approximate surface area is 395 Å². The van der Waals surface area contributed by atoms with Gasteiger partial charge < -0.3 is 44.0 Å². The van der Waals surface area contributed by atoms with E-state index >= 15 is 0 Å². The van der Waals surface area contributed by atoms with E-state index in [0.717, 1.165) is 22.8 Å². The molecule has 5 aliphatic rings. The Morgan fingerprint density at radius 3 is 1.81 bits per heavy atom. The van der Waals surface area contributed by atoms with E-state index in [1.54, 1.807) is 71.4 Å². The first-order valence-corrected chi connectivity index (χ1v) is 26.9. The first-order chi connectivity index (χ1) is 30.7. The molecule has 0 amide bonds. The zero-order chi connectivity index (χ0) is 48.4. The number of aromatic nitrogens is 6. The Balaban J connectivity index is 0.000000218. The van der Waals surface area contributed by atoms with Crippen molar-refractivity contribution >= 4 is 71.1 Å². The molecule has 374 valence electrons. The monoisotopic (exact) mass is 1020 g/mol. The third kappa shape index (κ3) is 10.8. The second-order valence-electron chi connectivity index (χ2n) is 18.3. The van der Waals surface area contributed by atoms with Crippen molar-refractivity contribution in [3.05, 3.63) is 24.2 Å². The fraction of sp³-hybridized carbons (Fsp3) is 0.718. The van der Waals surface area contributed by atoms with Crippen molar-refractivity contribution in [2.24, 2.45) is 15.8 Å². The van der Waals surface area contributed by atoms with Crippen LogP contribution in [-0.2, 0) is 60.5 Å². The highest BCUT2D eigenvalue weighted by molar-refractivity contribution is 8.55. The van der Waals surface area contributed by atoms with Crippen LogP contribution in [0.5, 0.6) is 5.88 Å². The summed E-state index contributed by atoms with van der Waals surface area (Å²) in [7, 11) is 3.02. The van der Waals surface area contributed by atoms with Gasteiger partial charge in [0.05, 0.1) is 43.8 Å². The molecule has 0 aliphatic carbocycles. The van der Waals surface area contributed by atoms with Crippen molar-refractivity contribution in [1.82, 2.24) is 29.1 Å². The molecule has 5 aliphatic heterocycles. The predicted molar refractivity (Wildman–Crippen MR) is 244 cm³/mol. The van der Waals surface area contributed by atoms with Crippen molar-refractivity contribution in [3.63, 3.8) is 0 Å². The molecule has 8 rings (SSSR count). The van der Waals surface area contributed by atoms with Gasteiger partial charge >= 0.3 is 25.5 Å². The lowest BCUT2D eigenvalue weighted by Gasteiger charge is -2.35. The van der Waals surface area contributed by atoms with Crippen LogP contribution in [0.1, 0.15) is 99.9 Å². The normalized spacial score (nSPS) is 33.5. The van der Waals surface area contributed by atoms with Gasteiger partial charge in [-0.15, -0.1) is 0 Å². The maximum atomic E-state index is 13.1. The quantitative estimate of drug-likeness (QED) is 0.118. The molecule has 0 saturated carbocycles. The molecule has 4 saturated heterocycles. The molecule has 0 radical (unpaired) electrons. The summed E-state index contributed by atoms with van der Waals surface area (Å²) in [5.74, 6) is 0.679. The summed E-state index contributed by atoms with van der Waals surface area (Å²) in [5.41, 5.74) is -3.18. The van der Waals surface area contributed by atoms with E-state index in [-0.39, 0.29) is 32.5 Å². The number of aliphatic imine (C=N–C) groups is 1. The zero-order valence-corrected chi connectivity index (χ0v) is 41.9. The topological polar surface area (TPSA) is 287 Å². The SMILES string of the molecule is C.COC1N=C(C)Nc2c1ncn2[C@@H]1O[C@@H]2COP(=O)(SCOC(=O)C(C)(C)C)O[C@H]2[C@@]1(C)O.COc1nc(C)nc2c1ncn2[C@@H]1O[C@@H]2COP(=O)(SCOC(=O)C(C)(C)C)O[C@H]2[C@@]1(C)O. The van der Waals surface area contributed by atoms with Crippen LogP contribution in [0.2, 0.25) is 0 Å². The minimum absolute atomic E-state index is 0. The first-order valence-electron chi connectivity index (χ1n) is 20.6. The number of esters is 2. The number of aliphatic hydroxyl groups is 2. The number of amidine groups is 1. The van der Waals surface area contributed by atoms with Crippen molar-refractivity contribution in [1.29, 1.82) is 0 Å². The molecule has 3 aromatic heterocycles. The molecule has 0 aromatic carbocycles. The average molecular weight is 1020 g/mol. The molecule has 67 heavy (non-hydrogen) atoms. The Hall–Kier alpha value is -3.23. The van der Waals surface area contributed by atoms with E-state index in [2.05, 4.69) is 30.2 Å². The number of imidazole rings is 2. The fourth-order valence-electron chi connectivity index (χ4n) is 7.38. The number of anilines is 1. The molecule has 0 bridgehead atoms. The van der Waals surface area contributed by atoms with Gasteiger partial charge in [0.15, 0.2) is 29.8 Å². The minimum Gasteiger partial charge on any atom is -0.479 e. The van der Waals surface area contributed by atoms with Crippen LogP contribution in [0.4, 0.5) is 5.82 Å². The van der Waals surface area contributed by atoms with E-state index < -0.39 is 90.7 Å². The number of nitrogens with one attached hydrogen (secondary N) is 1. The van der Waals surface area contributed by atoms with Crippen molar-refractivity contribution in [2.45, 2.75) is 131 Å². The van der Waals surface area contributed by atoms with Crippen LogP contribution in [0, 0.1) is 17.8 Å². The highest BCUT2D eigenvalue weighted by Crippen LogP contribution is 2.67. The largest absolute Gasteiger partial charge is 0.479 e. The Morgan fingerprint density at radius 2 is 1.33 bits per heavy atom. The summed E-state index contributed by atoms with van der Waals surface area (Å²) < 4.78 is 85.0. The number of hydrogen-bond acceptors (Lipinski definition) is 24. The van der Waals surface area contributed by atoms with Crippen molar-refractivity contribution < 1.29 is 75.4 Å². The highest BCUT2D eigenvalue weighted by atomic mass is 32.7. The number of carbonyl (C=O) groups excluding carboxylic acids is 2. The van der Waals surface area contributed by atoms with Crippen LogP contribution >= 0.6 is 36.4 Å². The molecule has 28 heteroatoms. The number of ether oxygens (including phenoxy) is 6. The van der Waals surface area contributed by atoms with Crippen LogP contribution in [-0.4, -0.2) is 132 Å². The van der Waals surface area contributed by atoms with Gasteiger partial charge in [-0.05, 0) is 69.2 Å². The van der Waals surface area contributed by atoms with Crippen LogP contribution in [0.15, 0.2) is 17.6 Å². The van der Waals surface area contributed by atoms with Crippen LogP contribution in [0.3, 0.4) is 0 Å². The van der Waals surface area contributed by atoms with E-state index in [9.17, 15) is 28.9 Å². The Bertz CT molecular complexity index is 2460. The minimum atomic E-state index is -3.71. The Kier molecular flexibility index (Phi) is 15.5. The highest BCUT2D eigenvalue weighted by Gasteiger charge is 2.61. The van der Waals surface area contributed by atoms with Gasteiger partial charge in [0, 0.05) is 29.9 Å². The number of hydrogen-bond donors (Lipinski definition) is 3. The fourth-order valence-corrected chi connectivity index (χ4v) is 13.1. The summed E-state index contributed by atoms with van der Waals surface area (Å²) in [4.78, 5) is 45.6. The summed E-state index contributed by atoms with van der Waals surface area (Å²) in [5, 5.41) is 25.9. The number of methoxy groups -OCH3 is 2. The van der Waals surface area contributed by atoms with Gasteiger partial charge in [0.25, 0.3) is 0 Å². The number of nitrogens with zero attached hydrogens (tertiary/aromatic N) is 7. The first kappa shape index (κ1) is 53.1. The lowest BCUT2D eigenvalue weighted by Crippen LogP contribution is -2.47. The molecule has 3 aromatic rings. The molecule has 0 spiro atoms. The molecule has 24 nitrogen and oxygen atoms in total. The Morgan fingerprint density at radius 1 is 0.836 bits per heavy atom. The van der Waals surface area contributed by atoms with E-state index in [0.29, 0.717) is 40.2 Å². The van der Waals surface area contributed by atoms with E-state index in [1.165, 1.54) is 33.8 Å². The molecular weight excluding hydrogens is 963 g/mol. The van der Waals surface area contributed by atoms with Crippen molar-refractivity contribution in [2.75, 3.05) is 44.6 Å². The van der Waals surface area contributed by atoms with Crippen LogP contribution < -0.4 is 10.1 Å². The molecule has 3 N–H and O–H groups in total. The lowest BCUT2D eigenvalue weighted by atomic mass is 9.96. The maximum absolute atomic E-state index is 13.1. The van der Waals surface area contributed by atoms with Gasteiger partial charge in [-0.1, -0.05) is 7.43 Å². The third-order valence-electron chi connectivity index (χ3n) is 10.8. The molecular formula is C39H60N8O16P2S2. The zero-order valence-electron chi connectivity index (χ0n) is 38.5. The maximum Gasteiger partial charge on any atom is 0.392 e. The molecule has 3 unspecified atom stereocenters. The average Bonchev–Trinajstić information content (AvgIpc) is 3.97. The number of carbonyl (C=O) groups is 2. The van der Waals surface area contributed by atoms with Gasteiger partial charge in [0.1, 0.15) is 70.7 Å². The van der Waals surface area contributed by atoms with Gasteiger partial charge in [0.2, 0.25) is 5.88 Å². The summed E-state index contributed by atoms with van der Waals surface area (Å²) >= 11 is 1.50. The van der Waals surface area contributed by atoms with E-state index in [4.69, 9.17) is 46.5 Å². The molecule has 8 heterocycles. The number of fused-ring (bicyclic) bond motifs is 4. The number of rotatable bonds is 10. The summed E-state index contributed by atoms with van der Waals surface area (Å²) in [6, 6.07) is 0. The third-order valence-corrected chi connectivity index (χ3v) is 17.5. The van der Waals surface area contributed by atoms with Crippen molar-refractivity contribution in [3.8, 4) is 5.88 Å².